The van der Waals surface area contributed by atoms with Crippen molar-refractivity contribution in [3.05, 3.63) is 0 Å². The topological polar surface area (TPSA) is 29.3 Å². The molecule has 1 aliphatic rings. The van der Waals surface area contributed by atoms with Crippen LogP contribution in [0.4, 0.5) is 0 Å². The Morgan fingerprint density at radius 3 is 2.38 bits per heavy atom. The maximum absolute atomic E-state index is 5.54. The van der Waals surface area contributed by atoms with Crippen LogP contribution in [0.15, 0.2) is 0 Å². The van der Waals surface area contributed by atoms with Gasteiger partial charge in [-0.25, -0.2) is 0 Å². The van der Waals surface area contributed by atoms with Crippen LogP contribution in [0.1, 0.15) is 45.4 Å². The SMILES string of the molecule is CCCCN(CCCN)C1CCC1. The van der Waals surface area contributed by atoms with Gasteiger partial charge >= 0.3 is 0 Å². The van der Waals surface area contributed by atoms with Crippen molar-refractivity contribution in [2.24, 2.45) is 5.73 Å². The van der Waals surface area contributed by atoms with Gasteiger partial charge in [-0.15, -0.1) is 0 Å². The van der Waals surface area contributed by atoms with Crippen molar-refractivity contribution in [2.75, 3.05) is 19.6 Å². The predicted octanol–water partition coefficient (Wildman–Crippen LogP) is 1.99. The standard InChI is InChI=1S/C11H24N2/c1-2-3-9-13(10-5-8-12)11-6-4-7-11/h11H,2-10,12H2,1H3. The molecule has 1 saturated carbocycles. The van der Waals surface area contributed by atoms with E-state index in [1.807, 2.05) is 0 Å². The average Bonchev–Trinajstić information content (AvgIpc) is 2.06. The monoisotopic (exact) mass is 184 g/mol. The van der Waals surface area contributed by atoms with Gasteiger partial charge in [-0.3, -0.25) is 0 Å². The van der Waals surface area contributed by atoms with Gasteiger partial charge in [-0.1, -0.05) is 19.8 Å². The third kappa shape index (κ3) is 3.65. The minimum absolute atomic E-state index is 0.843. The molecule has 2 heteroatoms. The molecule has 0 aliphatic heterocycles. The summed E-state index contributed by atoms with van der Waals surface area (Å²) in [6, 6.07) is 0.901. The number of hydrogen-bond donors (Lipinski definition) is 1. The molecule has 1 aliphatic carbocycles. The maximum Gasteiger partial charge on any atom is 0.00952 e. The van der Waals surface area contributed by atoms with Crippen LogP contribution in [-0.2, 0) is 0 Å². The van der Waals surface area contributed by atoms with Crippen molar-refractivity contribution in [1.82, 2.24) is 4.90 Å². The summed E-state index contributed by atoms with van der Waals surface area (Å²) in [5.74, 6) is 0. The van der Waals surface area contributed by atoms with Gasteiger partial charge < -0.3 is 10.6 Å². The lowest BCUT2D eigenvalue weighted by Crippen LogP contribution is -2.41. The molecule has 0 atom stereocenters. The fraction of sp³-hybridized carbons (Fsp3) is 1.00. The van der Waals surface area contributed by atoms with Gasteiger partial charge in [0.25, 0.3) is 0 Å². The van der Waals surface area contributed by atoms with Crippen molar-refractivity contribution in [3.63, 3.8) is 0 Å². The minimum Gasteiger partial charge on any atom is -0.330 e. The molecule has 0 bridgehead atoms. The molecule has 13 heavy (non-hydrogen) atoms. The molecule has 2 nitrogen and oxygen atoms in total. The Morgan fingerprint density at radius 2 is 1.92 bits per heavy atom. The van der Waals surface area contributed by atoms with Gasteiger partial charge in [0.15, 0.2) is 0 Å². The number of nitrogens with zero attached hydrogens (tertiary/aromatic N) is 1. The summed E-state index contributed by atoms with van der Waals surface area (Å²) in [5, 5.41) is 0. The van der Waals surface area contributed by atoms with E-state index in [4.69, 9.17) is 5.73 Å². The van der Waals surface area contributed by atoms with Crippen molar-refractivity contribution in [3.8, 4) is 0 Å². The van der Waals surface area contributed by atoms with Crippen LogP contribution >= 0.6 is 0 Å². The van der Waals surface area contributed by atoms with Crippen LogP contribution in [-0.4, -0.2) is 30.6 Å². The Hall–Kier alpha value is -0.0800. The maximum atomic E-state index is 5.54. The number of nitrogens with two attached hydrogens (primary N) is 1. The molecule has 0 heterocycles. The third-order valence-corrected chi connectivity index (χ3v) is 3.04. The highest BCUT2D eigenvalue weighted by molar-refractivity contribution is 4.79. The zero-order valence-electron chi connectivity index (χ0n) is 8.97. The molecule has 0 aromatic carbocycles. The molecule has 1 rings (SSSR count). The second-order valence-corrected chi connectivity index (χ2v) is 4.12. The first kappa shape index (κ1) is 11.0. The molecule has 0 amide bonds. The van der Waals surface area contributed by atoms with Crippen LogP contribution in [0.5, 0.6) is 0 Å². The van der Waals surface area contributed by atoms with Crippen molar-refractivity contribution in [2.45, 2.75) is 51.5 Å². The van der Waals surface area contributed by atoms with Crippen molar-refractivity contribution >= 4 is 0 Å². The molecule has 0 spiro atoms. The van der Waals surface area contributed by atoms with Gasteiger partial charge in [0.05, 0.1) is 0 Å². The summed E-state index contributed by atoms with van der Waals surface area (Å²) in [6.45, 7) is 5.62. The van der Waals surface area contributed by atoms with Gasteiger partial charge in [0.1, 0.15) is 0 Å². The number of rotatable bonds is 7. The zero-order chi connectivity index (χ0) is 9.52. The van der Waals surface area contributed by atoms with Gasteiger partial charge in [0, 0.05) is 6.04 Å². The second kappa shape index (κ2) is 6.39. The Bertz CT molecular complexity index is 113. The highest BCUT2D eigenvalue weighted by Gasteiger charge is 2.23. The van der Waals surface area contributed by atoms with E-state index in [9.17, 15) is 0 Å². The molecular formula is C11H24N2. The molecule has 0 radical (unpaired) electrons. The lowest BCUT2D eigenvalue weighted by Gasteiger charge is -2.37. The molecule has 0 aromatic heterocycles. The summed E-state index contributed by atoms with van der Waals surface area (Å²) in [4.78, 5) is 2.65. The van der Waals surface area contributed by atoms with Crippen molar-refractivity contribution in [1.29, 1.82) is 0 Å². The Labute approximate surface area is 82.5 Å². The van der Waals surface area contributed by atoms with Gasteiger partial charge in [0.2, 0.25) is 0 Å². The summed E-state index contributed by atoms with van der Waals surface area (Å²) < 4.78 is 0. The van der Waals surface area contributed by atoms with Gasteiger partial charge in [-0.2, -0.15) is 0 Å². The van der Waals surface area contributed by atoms with Crippen LogP contribution in [0.25, 0.3) is 0 Å². The summed E-state index contributed by atoms with van der Waals surface area (Å²) in [5.41, 5.74) is 5.54. The smallest absolute Gasteiger partial charge is 0.00952 e. The van der Waals surface area contributed by atoms with E-state index >= 15 is 0 Å². The van der Waals surface area contributed by atoms with E-state index in [1.165, 1.54) is 51.6 Å². The molecule has 0 unspecified atom stereocenters. The van der Waals surface area contributed by atoms with Crippen LogP contribution in [0, 0.1) is 0 Å². The number of hydrogen-bond acceptors (Lipinski definition) is 2. The zero-order valence-corrected chi connectivity index (χ0v) is 8.97. The Balaban J connectivity index is 2.16. The molecule has 1 fully saturated rings. The van der Waals surface area contributed by atoms with E-state index in [1.54, 1.807) is 0 Å². The fourth-order valence-electron chi connectivity index (χ4n) is 1.88. The van der Waals surface area contributed by atoms with E-state index in [2.05, 4.69) is 11.8 Å². The summed E-state index contributed by atoms with van der Waals surface area (Å²) in [7, 11) is 0. The molecule has 0 saturated heterocycles. The lowest BCUT2D eigenvalue weighted by molar-refractivity contribution is 0.124. The van der Waals surface area contributed by atoms with Crippen LogP contribution in [0.2, 0.25) is 0 Å². The molecule has 78 valence electrons. The van der Waals surface area contributed by atoms with E-state index < -0.39 is 0 Å². The van der Waals surface area contributed by atoms with Crippen molar-refractivity contribution < 1.29 is 0 Å². The first-order valence-electron chi connectivity index (χ1n) is 5.82. The normalized spacial score (nSPS) is 17.8. The van der Waals surface area contributed by atoms with Gasteiger partial charge in [-0.05, 0) is 45.3 Å². The average molecular weight is 184 g/mol. The third-order valence-electron chi connectivity index (χ3n) is 3.04. The first-order chi connectivity index (χ1) is 6.38. The Morgan fingerprint density at radius 1 is 1.23 bits per heavy atom. The summed E-state index contributed by atoms with van der Waals surface area (Å²) in [6.07, 6.45) is 8.12. The predicted molar refractivity (Wildman–Crippen MR) is 57.8 cm³/mol. The highest BCUT2D eigenvalue weighted by atomic mass is 15.2. The Kier molecular flexibility index (Phi) is 5.40. The highest BCUT2D eigenvalue weighted by Crippen LogP contribution is 2.24. The number of unbranched alkanes of at least 4 members (excludes halogenated alkanes) is 1. The molecule has 2 N–H and O–H groups in total. The quantitative estimate of drug-likeness (QED) is 0.655. The summed E-state index contributed by atoms with van der Waals surface area (Å²) >= 11 is 0. The molecule has 0 aromatic rings. The first-order valence-corrected chi connectivity index (χ1v) is 5.82. The lowest BCUT2D eigenvalue weighted by atomic mass is 9.91. The van der Waals surface area contributed by atoms with E-state index in [-0.39, 0.29) is 0 Å². The second-order valence-electron chi connectivity index (χ2n) is 4.12. The van der Waals surface area contributed by atoms with E-state index in [0.29, 0.717) is 0 Å². The molecular weight excluding hydrogens is 160 g/mol. The van der Waals surface area contributed by atoms with E-state index in [0.717, 1.165) is 12.6 Å². The fourth-order valence-corrected chi connectivity index (χ4v) is 1.88. The van der Waals surface area contributed by atoms with Crippen LogP contribution in [0.3, 0.4) is 0 Å². The largest absolute Gasteiger partial charge is 0.330 e. The minimum atomic E-state index is 0.843. The van der Waals surface area contributed by atoms with Crippen LogP contribution < -0.4 is 5.73 Å².